The molecule has 0 spiro atoms. The van der Waals surface area contributed by atoms with Crippen LogP contribution in [0.4, 0.5) is 23.2 Å². The fraction of sp³-hybridized carbons (Fsp3) is 0.267. The number of nitrogens with zero attached hydrogens (tertiary/aromatic N) is 1. The Labute approximate surface area is 119 Å². The lowest BCUT2D eigenvalue weighted by Gasteiger charge is -2.19. The SMILES string of the molecule is CCC(Nc1ccc(C(F)(F)F)nc1)c1ccc(F)cc1. The minimum absolute atomic E-state index is 0.121. The number of hydrogen-bond donors (Lipinski definition) is 1. The van der Waals surface area contributed by atoms with Crippen molar-refractivity contribution in [3.05, 3.63) is 59.7 Å². The minimum atomic E-state index is -4.44. The number of anilines is 1. The molecule has 21 heavy (non-hydrogen) atoms. The van der Waals surface area contributed by atoms with Crippen LogP contribution < -0.4 is 5.32 Å². The molecule has 0 saturated carbocycles. The van der Waals surface area contributed by atoms with E-state index in [1.165, 1.54) is 18.2 Å². The molecule has 0 aliphatic heterocycles. The van der Waals surface area contributed by atoms with Gasteiger partial charge >= 0.3 is 6.18 Å². The molecule has 112 valence electrons. The first-order valence-electron chi connectivity index (χ1n) is 6.45. The summed E-state index contributed by atoms with van der Waals surface area (Å²) in [4.78, 5) is 3.40. The standard InChI is InChI=1S/C15H14F4N2/c1-2-13(10-3-5-11(16)6-4-10)21-12-7-8-14(20-9-12)15(17,18)19/h3-9,13,21H,2H2,1H3. The third kappa shape index (κ3) is 3.93. The van der Waals surface area contributed by atoms with Crippen LogP contribution in [-0.4, -0.2) is 4.98 Å². The molecule has 1 N–H and O–H groups in total. The lowest BCUT2D eigenvalue weighted by atomic mass is 10.0. The maximum Gasteiger partial charge on any atom is 0.433 e. The van der Waals surface area contributed by atoms with Gasteiger partial charge in [0.05, 0.1) is 17.9 Å². The van der Waals surface area contributed by atoms with Crippen LogP contribution in [0.3, 0.4) is 0 Å². The lowest BCUT2D eigenvalue weighted by molar-refractivity contribution is -0.141. The molecule has 0 radical (unpaired) electrons. The fourth-order valence-corrected chi connectivity index (χ4v) is 1.96. The summed E-state index contributed by atoms with van der Waals surface area (Å²) in [6, 6.07) is 8.14. The predicted molar refractivity (Wildman–Crippen MR) is 72.3 cm³/mol. The van der Waals surface area contributed by atoms with Crippen molar-refractivity contribution in [1.82, 2.24) is 4.98 Å². The van der Waals surface area contributed by atoms with E-state index < -0.39 is 11.9 Å². The quantitative estimate of drug-likeness (QED) is 0.820. The third-order valence-corrected chi connectivity index (χ3v) is 3.08. The Hall–Kier alpha value is -2.11. The monoisotopic (exact) mass is 298 g/mol. The smallest absolute Gasteiger partial charge is 0.377 e. The number of aromatic nitrogens is 1. The number of halogens is 4. The summed E-state index contributed by atoms with van der Waals surface area (Å²) in [5.41, 5.74) is 0.417. The van der Waals surface area contributed by atoms with Crippen LogP contribution in [0.1, 0.15) is 30.6 Å². The molecule has 1 atom stereocenters. The van der Waals surface area contributed by atoms with Gasteiger partial charge in [-0.15, -0.1) is 0 Å². The number of hydrogen-bond acceptors (Lipinski definition) is 2. The van der Waals surface area contributed by atoms with E-state index in [1.54, 1.807) is 12.1 Å². The van der Waals surface area contributed by atoms with E-state index in [0.717, 1.165) is 17.8 Å². The average molecular weight is 298 g/mol. The van der Waals surface area contributed by atoms with Crippen molar-refractivity contribution in [2.45, 2.75) is 25.6 Å². The molecule has 1 unspecified atom stereocenters. The third-order valence-electron chi connectivity index (χ3n) is 3.08. The number of rotatable bonds is 4. The molecule has 1 aromatic heterocycles. The van der Waals surface area contributed by atoms with Crippen LogP contribution in [0.5, 0.6) is 0 Å². The van der Waals surface area contributed by atoms with Crippen LogP contribution >= 0.6 is 0 Å². The van der Waals surface area contributed by atoms with Crippen LogP contribution in [0, 0.1) is 5.82 Å². The molecule has 0 amide bonds. The molecule has 2 rings (SSSR count). The van der Waals surface area contributed by atoms with E-state index in [0.29, 0.717) is 12.1 Å². The Balaban J connectivity index is 2.13. The molecule has 1 heterocycles. The number of benzene rings is 1. The molecular formula is C15H14F4N2. The first-order valence-corrected chi connectivity index (χ1v) is 6.45. The fourth-order valence-electron chi connectivity index (χ4n) is 1.96. The zero-order valence-corrected chi connectivity index (χ0v) is 11.3. The normalized spacial score (nSPS) is 13.0. The van der Waals surface area contributed by atoms with Crippen LogP contribution in [-0.2, 0) is 6.18 Å². The summed E-state index contributed by atoms with van der Waals surface area (Å²) in [7, 11) is 0. The van der Waals surface area contributed by atoms with E-state index in [-0.39, 0.29) is 11.9 Å². The maximum atomic E-state index is 12.9. The van der Waals surface area contributed by atoms with E-state index in [4.69, 9.17) is 0 Å². The maximum absolute atomic E-state index is 12.9. The van der Waals surface area contributed by atoms with Gasteiger partial charge in [0.25, 0.3) is 0 Å². The lowest BCUT2D eigenvalue weighted by Crippen LogP contribution is -2.11. The minimum Gasteiger partial charge on any atom is -0.377 e. The molecule has 0 fully saturated rings. The molecule has 0 bridgehead atoms. The first kappa shape index (κ1) is 15.3. The van der Waals surface area contributed by atoms with E-state index >= 15 is 0 Å². The summed E-state index contributed by atoms with van der Waals surface area (Å²) >= 11 is 0. The number of alkyl halides is 3. The van der Waals surface area contributed by atoms with Gasteiger partial charge in [0, 0.05) is 0 Å². The second-order valence-corrected chi connectivity index (χ2v) is 4.59. The van der Waals surface area contributed by atoms with Crippen molar-refractivity contribution in [1.29, 1.82) is 0 Å². The highest BCUT2D eigenvalue weighted by atomic mass is 19.4. The van der Waals surface area contributed by atoms with Gasteiger partial charge in [0.1, 0.15) is 11.5 Å². The van der Waals surface area contributed by atoms with E-state index in [9.17, 15) is 17.6 Å². The molecular weight excluding hydrogens is 284 g/mol. The molecule has 0 aliphatic carbocycles. The molecule has 0 saturated heterocycles. The zero-order chi connectivity index (χ0) is 15.5. The first-order chi connectivity index (χ1) is 9.90. The molecule has 6 heteroatoms. The molecule has 0 aliphatic rings. The van der Waals surface area contributed by atoms with Gasteiger partial charge in [-0.3, -0.25) is 0 Å². The summed E-state index contributed by atoms with van der Waals surface area (Å²) in [5.74, 6) is -0.329. The van der Waals surface area contributed by atoms with Crippen molar-refractivity contribution >= 4 is 5.69 Å². The Morgan fingerprint density at radius 3 is 2.24 bits per heavy atom. The van der Waals surface area contributed by atoms with Gasteiger partial charge in [-0.25, -0.2) is 9.37 Å². The highest BCUT2D eigenvalue weighted by Crippen LogP contribution is 2.29. The van der Waals surface area contributed by atoms with Crippen molar-refractivity contribution < 1.29 is 17.6 Å². The van der Waals surface area contributed by atoms with Crippen LogP contribution in [0.25, 0.3) is 0 Å². The number of pyridine rings is 1. The van der Waals surface area contributed by atoms with Gasteiger partial charge < -0.3 is 5.32 Å². The van der Waals surface area contributed by atoms with Gasteiger partial charge in [0.2, 0.25) is 0 Å². The topological polar surface area (TPSA) is 24.9 Å². The van der Waals surface area contributed by atoms with Crippen LogP contribution in [0.15, 0.2) is 42.6 Å². The second-order valence-electron chi connectivity index (χ2n) is 4.59. The van der Waals surface area contributed by atoms with Crippen molar-refractivity contribution in [2.75, 3.05) is 5.32 Å². The Kier molecular flexibility index (Phi) is 4.45. The Bertz CT molecular complexity index is 576. The van der Waals surface area contributed by atoms with Crippen LogP contribution in [0.2, 0.25) is 0 Å². The summed E-state index contributed by atoms with van der Waals surface area (Å²) < 4.78 is 50.2. The van der Waals surface area contributed by atoms with Gasteiger partial charge in [-0.05, 0) is 36.2 Å². The van der Waals surface area contributed by atoms with Crippen molar-refractivity contribution in [3.63, 3.8) is 0 Å². The van der Waals surface area contributed by atoms with Gasteiger partial charge in [-0.2, -0.15) is 13.2 Å². The molecule has 2 aromatic rings. The van der Waals surface area contributed by atoms with Crippen molar-refractivity contribution in [3.8, 4) is 0 Å². The average Bonchev–Trinajstić information content (AvgIpc) is 2.45. The van der Waals surface area contributed by atoms with Gasteiger partial charge in [-0.1, -0.05) is 19.1 Å². The number of nitrogens with one attached hydrogen (secondary N) is 1. The Morgan fingerprint density at radius 2 is 1.76 bits per heavy atom. The van der Waals surface area contributed by atoms with Gasteiger partial charge in [0.15, 0.2) is 0 Å². The highest BCUT2D eigenvalue weighted by Gasteiger charge is 2.32. The zero-order valence-electron chi connectivity index (χ0n) is 11.3. The molecule has 2 nitrogen and oxygen atoms in total. The summed E-state index contributed by atoms with van der Waals surface area (Å²) in [5, 5.41) is 3.09. The predicted octanol–water partition coefficient (Wildman–Crippen LogP) is 4.80. The van der Waals surface area contributed by atoms with E-state index in [1.807, 2.05) is 6.92 Å². The largest absolute Gasteiger partial charge is 0.433 e. The van der Waals surface area contributed by atoms with Crippen molar-refractivity contribution in [2.24, 2.45) is 0 Å². The summed E-state index contributed by atoms with van der Waals surface area (Å²) in [6.07, 6.45) is -2.60. The second kappa shape index (κ2) is 6.11. The summed E-state index contributed by atoms with van der Waals surface area (Å²) in [6.45, 7) is 1.93. The van der Waals surface area contributed by atoms with E-state index in [2.05, 4.69) is 10.3 Å². The molecule has 1 aromatic carbocycles. The Morgan fingerprint density at radius 1 is 1.10 bits per heavy atom. The highest BCUT2D eigenvalue weighted by molar-refractivity contribution is 5.44.